The number of halogens is 1. The summed E-state index contributed by atoms with van der Waals surface area (Å²) < 4.78 is 0. The van der Waals surface area contributed by atoms with Crippen LogP contribution in [0.3, 0.4) is 0 Å². The van der Waals surface area contributed by atoms with Crippen LogP contribution in [0.15, 0.2) is 24.3 Å². The lowest BCUT2D eigenvalue weighted by Crippen LogP contribution is -2.10. The maximum atomic E-state index is 6.01. The third-order valence-corrected chi connectivity index (χ3v) is 2.98. The molecule has 0 spiro atoms. The molecular weight excluding hydrogens is 234 g/mol. The molecule has 0 aliphatic carbocycles. The number of rotatable bonds is 1. The molecule has 3 N–H and O–H groups in total. The number of nitrogens with zero attached hydrogens (tertiary/aromatic N) is 1. The molecule has 0 radical (unpaired) electrons. The molecule has 0 atom stereocenters. The SMILES string of the molecule is CC(C)(C)c1ccc(-c2nc(N)[nH]c2Cl)cc1. The molecule has 1 aromatic carbocycles. The number of aromatic nitrogens is 2. The number of nitrogen functional groups attached to an aromatic ring is 1. The van der Waals surface area contributed by atoms with E-state index < -0.39 is 0 Å². The van der Waals surface area contributed by atoms with Crippen LogP contribution in [0, 0.1) is 0 Å². The minimum Gasteiger partial charge on any atom is -0.369 e. The van der Waals surface area contributed by atoms with Crippen molar-refractivity contribution in [1.82, 2.24) is 9.97 Å². The van der Waals surface area contributed by atoms with Crippen molar-refractivity contribution in [3.63, 3.8) is 0 Å². The van der Waals surface area contributed by atoms with Gasteiger partial charge in [0, 0.05) is 5.56 Å². The monoisotopic (exact) mass is 249 g/mol. The molecule has 0 saturated heterocycles. The minimum absolute atomic E-state index is 0.146. The second kappa shape index (κ2) is 4.08. The van der Waals surface area contributed by atoms with E-state index in [9.17, 15) is 0 Å². The number of aromatic amines is 1. The molecule has 2 rings (SSSR count). The van der Waals surface area contributed by atoms with Crippen molar-refractivity contribution < 1.29 is 0 Å². The van der Waals surface area contributed by atoms with Gasteiger partial charge >= 0.3 is 0 Å². The van der Waals surface area contributed by atoms with Crippen LogP contribution < -0.4 is 5.73 Å². The van der Waals surface area contributed by atoms with Gasteiger partial charge in [-0.1, -0.05) is 56.6 Å². The molecule has 0 saturated carbocycles. The molecule has 1 heterocycles. The van der Waals surface area contributed by atoms with Gasteiger partial charge in [-0.05, 0) is 11.0 Å². The van der Waals surface area contributed by atoms with Gasteiger partial charge in [0.15, 0.2) is 5.95 Å². The number of hydrogen-bond acceptors (Lipinski definition) is 2. The summed E-state index contributed by atoms with van der Waals surface area (Å²) in [7, 11) is 0. The summed E-state index contributed by atoms with van der Waals surface area (Å²) in [5.74, 6) is 0.338. The first kappa shape index (κ1) is 12.0. The Labute approximate surface area is 106 Å². The summed E-state index contributed by atoms with van der Waals surface area (Å²) in [6, 6.07) is 8.22. The van der Waals surface area contributed by atoms with Crippen LogP contribution in [0.25, 0.3) is 11.3 Å². The normalized spacial score (nSPS) is 11.8. The van der Waals surface area contributed by atoms with Crippen molar-refractivity contribution >= 4 is 17.5 Å². The summed E-state index contributed by atoms with van der Waals surface area (Å²) in [4.78, 5) is 6.95. The van der Waals surface area contributed by atoms with Gasteiger partial charge in [0.05, 0.1) is 0 Å². The predicted molar refractivity (Wildman–Crippen MR) is 72.1 cm³/mol. The Morgan fingerprint density at radius 2 is 1.76 bits per heavy atom. The van der Waals surface area contributed by atoms with Crippen LogP contribution in [-0.2, 0) is 5.41 Å². The summed E-state index contributed by atoms with van der Waals surface area (Å²) >= 11 is 6.01. The number of hydrogen-bond donors (Lipinski definition) is 2. The van der Waals surface area contributed by atoms with E-state index in [0.717, 1.165) is 5.56 Å². The second-order valence-electron chi connectivity index (χ2n) is 5.11. The van der Waals surface area contributed by atoms with E-state index in [1.165, 1.54) is 5.56 Å². The molecule has 0 bridgehead atoms. The van der Waals surface area contributed by atoms with Gasteiger partial charge in [-0.2, -0.15) is 0 Å². The molecule has 3 nitrogen and oxygen atoms in total. The Bertz CT molecular complexity index is 521. The molecule has 0 amide bonds. The van der Waals surface area contributed by atoms with E-state index in [4.69, 9.17) is 17.3 Å². The van der Waals surface area contributed by atoms with Crippen LogP contribution in [0.4, 0.5) is 5.95 Å². The second-order valence-corrected chi connectivity index (χ2v) is 5.49. The summed E-state index contributed by atoms with van der Waals surface area (Å²) in [5, 5.41) is 0.478. The topological polar surface area (TPSA) is 54.7 Å². The lowest BCUT2D eigenvalue weighted by atomic mass is 9.86. The fourth-order valence-electron chi connectivity index (χ4n) is 1.69. The third-order valence-electron chi connectivity index (χ3n) is 2.70. The van der Waals surface area contributed by atoms with Crippen LogP contribution in [0.1, 0.15) is 26.3 Å². The number of imidazole rings is 1. The van der Waals surface area contributed by atoms with Crippen LogP contribution in [-0.4, -0.2) is 9.97 Å². The predicted octanol–water partition coefficient (Wildman–Crippen LogP) is 3.61. The van der Waals surface area contributed by atoms with Gasteiger partial charge in [0.2, 0.25) is 0 Å². The third kappa shape index (κ3) is 2.44. The summed E-state index contributed by atoms with van der Waals surface area (Å²) in [6.45, 7) is 6.55. The number of benzene rings is 1. The molecule has 0 aliphatic heterocycles. The first-order valence-corrected chi connectivity index (χ1v) is 5.87. The molecule has 1 aromatic heterocycles. The molecule has 17 heavy (non-hydrogen) atoms. The van der Waals surface area contributed by atoms with Gasteiger partial charge in [0.1, 0.15) is 10.8 Å². The molecule has 90 valence electrons. The van der Waals surface area contributed by atoms with Crippen LogP contribution in [0.2, 0.25) is 5.15 Å². The molecule has 4 heteroatoms. The van der Waals surface area contributed by atoms with Gasteiger partial charge in [-0.15, -0.1) is 0 Å². The lowest BCUT2D eigenvalue weighted by Gasteiger charge is -2.18. The van der Waals surface area contributed by atoms with Crippen molar-refractivity contribution in [3.05, 3.63) is 35.0 Å². The standard InChI is InChI=1S/C13H16ClN3/c1-13(2,3)9-6-4-8(5-7-9)10-11(14)17-12(15)16-10/h4-7H,1-3H3,(H3,15,16,17). The van der Waals surface area contributed by atoms with Gasteiger partial charge in [0.25, 0.3) is 0 Å². The largest absolute Gasteiger partial charge is 0.369 e. The highest BCUT2D eigenvalue weighted by Crippen LogP contribution is 2.29. The zero-order chi connectivity index (χ0) is 12.6. The molecule has 2 aromatic rings. The molecule has 0 aliphatic rings. The first-order chi connectivity index (χ1) is 7.88. The van der Waals surface area contributed by atoms with E-state index >= 15 is 0 Å². The van der Waals surface area contributed by atoms with Crippen molar-refractivity contribution in [2.45, 2.75) is 26.2 Å². The zero-order valence-corrected chi connectivity index (χ0v) is 11.0. The molecule has 0 fully saturated rings. The van der Waals surface area contributed by atoms with Crippen molar-refractivity contribution in [2.75, 3.05) is 5.73 Å². The quantitative estimate of drug-likeness (QED) is 0.811. The Morgan fingerprint density at radius 3 is 2.18 bits per heavy atom. The Kier molecular flexibility index (Phi) is 2.87. The van der Waals surface area contributed by atoms with E-state index in [-0.39, 0.29) is 5.41 Å². The highest BCUT2D eigenvalue weighted by atomic mass is 35.5. The number of anilines is 1. The zero-order valence-electron chi connectivity index (χ0n) is 10.2. The smallest absolute Gasteiger partial charge is 0.199 e. The van der Waals surface area contributed by atoms with Gasteiger partial charge in [-0.25, -0.2) is 4.98 Å². The molecule has 0 unspecified atom stereocenters. The summed E-state index contributed by atoms with van der Waals surface area (Å²) in [6.07, 6.45) is 0. The fourth-order valence-corrected chi connectivity index (χ4v) is 1.94. The van der Waals surface area contributed by atoms with E-state index in [2.05, 4.69) is 42.9 Å². The summed E-state index contributed by atoms with van der Waals surface area (Å²) in [5.41, 5.74) is 8.66. The number of H-pyrrole nitrogens is 1. The lowest BCUT2D eigenvalue weighted by molar-refractivity contribution is 0.590. The van der Waals surface area contributed by atoms with E-state index in [1.54, 1.807) is 0 Å². The van der Waals surface area contributed by atoms with Crippen molar-refractivity contribution in [1.29, 1.82) is 0 Å². The van der Waals surface area contributed by atoms with Crippen molar-refractivity contribution in [2.24, 2.45) is 0 Å². The van der Waals surface area contributed by atoms with E-state index in [1.807, 2.05) is 12.1 Å². The Morgan fingerprint density at radius 1 is 1.18 bits per heavy atom. The van der Waals surface area contributed by atoms with Gasteiger partial charge in [-0.3, -0.25) is 0 Å². The highest BCUT2D eigenvalue weighted by Gasteiger charge is 2.14. The maximum Gasteiger partial charge on any atom is 0.199 e. The first-order valence-electron chi connectivity index (χ1n) is 5.50. The fraction of sp³-hybridized carbons (Fsp3) is 0.308. The van der Waals surface area contributed by atoms with Crippen LogP contribution in [0.5, 0.6) is 0 Å². The average molecular weight is 250 g/mol. The molecular formula is C13H16ClN3. The van der Waals surface area contributed by atoms with Crippen molar-refractivity contribution in [3.8, 4) is 11.3 Å². The van der Waals surface area contributed by atoms with Gasteiger partial charge < -0.3 is 10.7 Å². The maximum absolute atomic E-state index is 6.01. The minimum atomic E-state index is 0.146. The number of nitrogens with two attached hydrogens (primary N) is 1. The number of nitrogens with one attached hydrogen (secondary N) is 1. The highest BCUT2D eigenvalue weighted by molar-refractivity contribution is 6.32. The van der Waals surface area contributed by atoms with Crippen LogP contribution >= 0.6 is 11.6 Å². The average Bonchev–Trinajstić information content (AvgIpc) is 2.57. The Balaban J connectivity index is 2.39. The Hall–Kier alpha value is -1.48. The van der Waals surface area contributed by atoms with E-state index in [0.29, 0.717) is 16.8 Å².